The first-order valence-electron chi connectivity index (χ1n) is 9.18. The van der Waals surface area contributed by atoms with Gasteiger partial charge in [0.1, 0.15) is 0 Å². The zero-order chi connectivity index (χ0) is 17.6. The molecule has 0 aliphatic heterocycles. The van der Waals surface area contributed by atoms with Crippen LogP contribution in [-0.2, 0) is 17.8 Å². The Hall–Kier alpha value is -1.32. The van der Waals surface area contributed by atoms with Crippen molar-refractivity contribution in [3.05, 3.63) is 57.2 Å². The second-order valence-electron chi connectivity index (χ2n) is 7.14. The molecule has 1 aliphatic rings. The Labute approximate surface area is 159 Å². The van der Waals surface area contributed by atoms with Crippen molar-refractivity contribution in [3.63, 3.8) is 0 Å². The van der Waals surface area contributed by atoms with Crippen LogP contribution in [0, 0.1) is 5.92 Å². The van der Waals surface area contributed by atoms with E-state index in [9.17, 15) is 4.79 Å². The van der Waals surface area contributed by atoms with Gasteiger partial charge in [0, 0.05) is 35.3 Å². The fourth-order valence-corrected chi connectivity index (χ4v) is 4.64. The van der Waals surface area contributed by atoms with Gasteiger partial charge in [0.25, 0.3) is 0 Å². The quantitative estimate of drug-likeness (QED) is 0.586. The maximum atomic E-state index is 13.0. The van der Waals surface area contributed by atoms with E-state index < -0.39 is 0 Å². The fourth-order valence-electron chi connectivity index (χ4n) is 3.69. The molecule has 25 heavy (non-hydrogen) atoms. The molecule has 0 radical (unpaired) electrons. The average molecular weight is 376 g/mol. The van der Waals surface area contributed by atoms with Gasteiger partial charge in [-0.3, -0.25) is 4.79 Å². The van der Waals surface area contributed by atoms with E-state index in [0.717, 1.165) is 17.0 Å². The van der Waals surface area contributed by atoms with E-state index in [4.69, 9.17) is 11.6 Å². The van der Waals surface area contributed by atoms with Gasteiger partial charge in [0.05, 0.1) is 0 Å². The molecule has 3 rings (SSSR count). The minimum absolute atomic E-state index is 0.197. The maximum Gasteiger partial charge on any atom is 0.223 e. The van der Waals surface area contributed by atoms with Crippen LogP contribution in [-0.4, -0.2) is 16.8 Å². The van der Waals surface area contributed by atoms with Crippen LogP contribution in [0.15, 0.2) is 41.8 Å². The molecular weight excluding hydrogens is 350 g/mol. The lowest BCUT2D eigenvalue weighted by Crippen LogP contribution is -2.39. The van der Waals surface area contributed by atoms with Gasteiger partial charge < -0.3 is 4.90 Å². The molecule has 1 unspecified atom stereocenters. The highest BCUT2D eigenvalue weighted by molar-refractivity contribution is 7.09. The molecule has 0 saturated heterocycles. The molecule has 2 nitrogen and oxygen atoms in total. The van der Waals surface area contributed by atoms with Gasteiger partial charge in [-0.2, -0.15) is 0 Å². The molecule has 4 heteroatoms. The number of amides is 1. The highest BCUT2D eigenvalue weighted by Crippen LogP contribution is 2.29. The summed E-state index contributed by atoms with van der Waals surface area (Å²) in [5, 5.41) is 2.84. The van der Waals surface area contributed by atoms with Crippen LogP contribution in [0.2, 0.25) is 5.02 Å². The number of carbonyl (C=O) groups excluding carboxylic acids is 1. The predicted octanol–water partition coefficient (Wildman–Crippen LogP) is 5.94. The fraction of sp³-hybridized carbons (Fsp3) is 0.476. The van der Waals surface area contributed by atoms with E-state index in [2.05, 4.69) is 29.3 Å². The molecule has 1 amide bonds. The summed E-state index contributed by atoms with van der Waals surface area (Å²) >= 11 is 7.77. The minimum atomic E-state index is 0.197. The number of carbonyl (C=O) groups is 1. The normalized spacial score (nSPS) is 16.1. The van der Waals surface area contributed by atoms with E-state index >= 15 is 0 Å². The maximum absolute atomic E-state index is 13.0. The molecule has 1 aromatic heterocycles. The topological polar surface area (TPSA) is 20.3 Å². The molecule has 134 valence electrons. The first-order valence-corrected chi connectivity index (χ1v) is 10.4. The van der Waals surface area contributed by atoms with Gasteiger partial charge in [-0.25, -0.2) is 0 Å². The Kier molecular flexibility index (Phi) is 6.55. The van der Waals surface area contributed by atoms with Crippen molar-refractivity contribution in [2.45, 2.75) is 58.0 Å². The highest BCUT2D eigenvalue weighted by atomic mass is 35.5. The van der Waals surface area contributed by atoms with E-state index in [-0.39, 0.29) is 6.04 Å². The highest BCUT2D eigenvalue weighted by Gasteiger charge is 2.25. The zero-order valence-corrected chi connectivity index (χ0v) is 16.4. The molecule has 1 heterocycles. The standard InChI is InChI=1S/C21H26ClNOS/c1-16(13-20-7-4-12-25-20)23(15-18-8-10-19(22)11-9-18)21(24)14-17-5-2-3-6-17/h4,7-12,16-17H,2-3,5-6,13-15H2,1H3. The summed E-state index contributed by atoms with van der Waals surface area (Å²) in [4.78, 5) is 16.4. The lowest BCUT2D eigenvalue weighted by Gasteiger charge is -2.30. The van der Waals surface area contributed by atoms with Crippen molar-refractivity contribution in [1.82, 2.24) is 4.90 Å². The number of halogens is 1. The lowest BCUT2D eigenvalue weighted by atomic mass is 10.0. The van der Waals surface area contributed by atoms with Gasteiger partial charge >= 0.3 is 0 Å². The summed E-state index contributed by atoms with van der Waals surface area (Å²) in [5.41, 5.74) is 1.14. The number of nitrogens with zero attached hydrogens (tertiary/aromatic N) is 1. The summed E-state index contributed by atoms with van der Waals surface area (Å²) < 4.78 is 0. The third-order valence-electron chi connectivity index (χ3n) is 5.13. The lowest BCUT2D eigenvalue weighted by molar-refractivity contribution is -0.134. The summed E-state index contributed by atoms with van der Waals surface area (Å²) in [6, 6.07) is 12.3. The monoisotopic (exact) mass is 375 g/mol. The zero-order valence-electron chi connectivity index (χ0n) is 14.8. The van der Waals surface area contributed by atoms with Crippen LogP contribution in [0.4, 0.5) is 0 Å². The molecule has 2 aromatic rings. The second kappa shape index (κ2) is 8.86. The molecule has 1 saturated carbocycles. The summed E-state index contributed by atoms with van der Waals surface area (Å²) in [6.07, 6.45) is 6.59. The van der Waals surface area contributed by atoms with Gasteiger partial charge in [-0.15, -0.1) is 11.3 Å². The molecule has 1 fully saturated rings. The SMILES string of the molecule is CC(Cc1cccs1)N(Cc1ccc(Cl)cc1)C(=O)CC1CCCC1. The van der Waals surface area contributed by atoms with Crippen molar-refractivity contribution >= 4 is 28.8 Å². The third-order valence-corrected chi connectivity index (χ3v) is 6.28. The molecule has 0 spiro atoms. The van der Waals surface area contributed by atoms with Crippen LogP contribution in [0.25, 0.3) is 0 Å². The van der Waals surface area contributed by atoms with Crippen molar-refractivity contribution < 1.29 is 4.79 Å². The molecule has 0 bridgehead atoms. The predicted molar refractivity (Wildman–Crippen MR) is 106 cm³/mol. The summed E-state index contributed by atoms with van der Waals surface area (Å²) in [6.45, 7) is 2.83. The Morgan fingerprint density at radius 3 is 2.60 bits per heavy atom. The van der Waals surface area contributed by atoms with Crippen molar-refractivity contribution in [1.29, 1.82) is 0 Å². The molecule has 0 N–H and O–H groups in total. The summed E-state index contributed by atoms with van der Waals surface area (Å²) in [7, 11) is 0. The number of rotatable bonds is 7. The van der Waals surface area contributed by atoms with Crippen LogP contribution < -0.4 is 0 Å². The van der Waals surface area contributed by atoms with Crippen LogP contribution >= 0.6 is 22.9 Å². The van der Waals surface area contributed by atoms with Crippen molar-refractivity contribution in [2.75, 3.05) is 0 Å². The van der Waals surface area contributed by atoms with Crippen molar-refractivity contribution in [3.8, 4) is 0 Å². The average Bonchev–Trinajstić information content (AvgIpc) is 3.28. The number of hydrogen-bond donors (Lipinski definition) is 0. The van der Waals surface area contributed by atoms with Gasteiger partial charge in [0.15, 0.2) is 0 Å². The number of benzene rings is 1. The van der Waals surface area contributed by atoms with Gasteiger partial charge in [-0.1, -0.05) is 42.6 Å². The molecule has 1 aromatic carbocycles. The molecular formula is C21H26ClNOS. The van der Waals surface area contributed by atoms with Crippen molar-refractivity contribution in [2.24, 2.45) is 5.92 Å². The van der Waals surface area contributed by atoms with E-state index in [1.54, 1.807) is 11.3 Å². The van der Waals surface area contributed by atoms with E-state index in [0.29, 0.717) is 24.8 Å². The second-order valence-corrected chi connectivity index (χ2v) is 8.60. The Bertz CT molecular complexity index is 662. The smallest absolute Gasteiger partial charge is 0.223 e. The Balaban J connectivity index is 1.71. The first-order chi connectivity index (χ1) is 12.1. The first kappa shape index (κ1) is 18.5. The van der Waals surface area contributed by atoms with Crippen LogP contribution in [0.3, 0.4) is 0 Å². The minimum Gasteiger partial charge on any atom is -0.335 e. The summed E-state index contributed by atoms with van der Waals surface area (Å²) in [5.74, 6) is 0.875. The molecule has 1 aliphatic carbocycles. The van der Waals surface area contributed by atoms with Gasteiger partial charge in [-0.05, 0) is 54.8 Å². The number of thiophene rings is 1. The Morgan fingerprint density at radius 2 is 1.96 bits per heavy atom. The van der Waals surface area contributed by atoms with Crippen LogP contribution in [0.5, 0.6) is 0 Å². The molecule has 1 atom stereocenters. The Morgan fingerprint density at radius 1 is 1.24 bits per heavy atom. The largest absolute Gasteiger partial charge is 0.335 e. The number of hydrogen-bond acceptors (Lipinski definition) is 2. The van der Waals surface area contributed by atoms with E-state index in [1.807, 2.05) is 24.3 Å². The van der Waals surface area contributed by atoms with Crippen LogP contribution in [0.1, 0.15) is 49.5 Å². The van der Waals surface area contributed by atoms with E-state index in [1.165, 1.54) is 30.6 Å². The van der Waals surface area contributed by atoms with Gasteiger partial charge in [0.2, 0.25) is 5.91 Å². The third kappa shape index (κ3) is 5.32.